The van der Waals surface area contributed by atoms with E-state index < -0.39 is 25.9 Å². The lowest BCUT2D eigenvalue weighted by atomic mass is 9.92. The number of fused-ring (bicyclic) bond motifs is 2. The number of aromatic nitrogens is 6. The maximum Gasteiger partial charge on any atom is 0.522 e. The van der Waals surface area contributed by atoms with Crippen LogP contribution in [-0.4, -0.2) is 60.8 Å². The molecule has 0 fully saturated rings. The number of rotatable bonds is 10. The molecule has 0 saturated carbocycles. The van der Waals surface area contributed by atoms with Crippen molar-refractivity contribution in [3.63, 3.8) is 0 Å². The summed E-state index contributed by atoms with van der Waals surface area (Å²) in [6.45, 7) is 13.6. The first-order valence-corrected chi connectivity index (χ1v) is 16.3. The standard InChI is InChI=1S/C16H22F3N3OS.C14H17BrF3N3O/c1-5-24-11-8-12-14(20-10-11)22(6-7-23-16(17,18)19)13(21-12)9-15(2,3)4;1-13(2,3)7-11-20-10-6-9(15)8-19-12(10)21(11)4-5-22-14(16,17)18/h8,10H,5-7,9H2,1-4H3;6,8H,4-5,7H2,1-3H3. The SMILES string of the molecule is CC(C)(C)Cc1nc2cc(Br)cnc2n1CCOC(F)(F)F.CCSc1cnc2c(c1)nc(CC(C)(C)C)n2CCOC(F)(F)F. The van der Waals surface area contributed by atoms with Crippen molar-refractivity contribution in [3.8, 4) is 0 Å². The van der Waals surface area contributed by atoms with Gasteiger partial charge in [0.15, 0.2) is 11.3 Å². The summed E-state index contributed by atoms with van der Waals surface area (Å²) < 4.78 is 85.2. The number of pyridine rings is 2. The maximum absolute atomic E-state index is 12.2. The number of hydrogen-bond donors (Lipinski definition) is 0. The zero-order valence-corrected chi connectivity index (χ0v) is 29.2. The lowest BCUT2D eigenvalue weighted by Gasteiger charge is -2.18. The molecule has 256 valence electrons. The molecule has 16 heteroatoms. The fraction of sp³-hybridized carbons (Fsp3) is 0.600. The highest BCUT2D eigenvalue weighted by Gasteiger charge is 2.30. The minimum Gasteiger partial charge on any atom is -0.310 e. The molecule has 0 bridgehead atoms. The van der Waals surface area contributed by atoms with Gasteiger partial charge < -0.3 is 9.13 Å². The molecule has 4 rings (SSSR count). The molecule has 0 unspecified atom stereocenters. The van der Waals surface area contributed by atoms with Crippen LogP contribution in [0.4, 0.5) is 26.3 Å². The predicted molar refractivity (Wildman–Crippen MR) is 169 cm³/mol. The fourth-order valence-electron chi connectivity index (χ4n) is 4.51. The third-order valence-corrected chi connectivity index (χ3v) is 7.40. The van der Waals surface area contributed by atoms with E-state index >= 15 is 0 Å². The molecule has 0 aliphatic carbocycles. The number of imidazole rings is 2. The van der Waals surface area contributed by atoms with Gasteiger partial charge in [-0.2, -0.15) is 0 Å². The number of hydrogen-bond acceptors (Lipinski definition) is 7. The van der Waals surface area contributed by atoms with Crippen LogP contribution in [0, 0.1) is 10.8 Å². The average molecular weight is 742 g/mol. The minimum absolute atomic E-state index is 0.0367. The van der Waals surface area contributed by atoms with E-state index in [0.29, 0.717) is 41.0 Å². The van der Waals surface area contributed by atoms with Gasteiger partial charge in [0.2, 0.25) is 0 Å². The van der Waals surface area contributed by atoms with Crippen LogP contribution in [0.2, 0.25) is 0 Å². The Morgan fingerprint density at radius 3 is 1.57 bits per heavy atom. The number of halogens is 7. The van der Waals surface area contributed by atoms with E-state index in [1.54, 1.807) is 39.4 Å². The van der Waals surface area contributed by atoms with Crippen molar-refractivity contribution < 1.29 is 35.8 Å². The van der Waals surface area contributed by atoms with Crippen molar-refractivity contribution in [3.05, 3.63) is 40.6 Å². The van der Waals surface area contributed by atoms with Gasteiger partial charge in [-0.3, -0.25) is 9.47 Å². The van der Waals surface area contributed by atoms with Gasteiger partial charge in [0.25, 0.3) is 0 Å². The minimum atomic E-state index is -4.63. The molecule has 0 saturated heterocycles. The highest BCUT2D eigenvalue weighted by atomic mass is 79.9. The van der Waals surface area contributed by atoms with Crippen molar-refractivity contribution in [1.82, 2.24) is 29.1 Å². The maximum atomic E-state index is 12.2. The van der Waals surface area contributed by atoms with Crippen LogP contribution in [0.3, 0.4) is 0 Å². The summed E-state index contributed by atoms with van der Waals surface area (Å²) in [4.78, 5) is 18.8. The molecule has 0 aromatic carbocycles. The lowest BCUT2D eigenvalue weighted by molar-refractivity contribution is -0.326. The Morgan fingerprint density at radius 1 is 0.717 bits per heavy atom. The highest BCUT2D eigenvalue weighted by molar-refractivity contribution is 9.10. The van der Waals surface area contributed by atoms with E-state index in [2.05, 4.69) is 66.1 Å². The lowest BCUT2D eigenvalue weighted by Crippen LogP contribution is -2.20. The third-order valence-electron chi connectivity index (χ3n) is 6.12. The monoisotopic (exact) mass is 740 g/mol. The molecular weight excluding hydrogens is 702 g/mol. The summed E-state index contributed by atoms with van der Waals surface area (Å²) in [6, 6.07) is 3.74. The Morgan fingerprint density at radius 2 is 1.15 bits per heavy atom. The van der Waals surface area contributed by atoms with Gasteiger partial charge in [-0.1, -0.05) is 48.5 Å². The molecule has 4 aromatic rings. The van der Waals surface area contributed by atoms with Crippen LogP contribution < -0.4 is 0 Å². The number of alkyl halides is 6. The average Bonchev–Trinajstić information content (AvgIpc) is 3.37. The van der Waals surface area contributed by atoms with Crippen LogP contribution in [0.15, 0.2) is 33.9 Å². The molecule has 0 atom stereocenters. The summed E-state index contributed by atoms with van der Waals surface area (Å²) in [5, 5.41) is 0. The van der Waals surface area contributed by atoms with Crippen molar-refractivity contribution in [2.75, 3.05) is 19.0 Å². The van der Waals surface area contributed by atoms with Gasteiger partial charge in [-0.15, -0.1) is 38.1 Å². The molecule has 4 heterocycles. The number of ether oxygens (including phenoxy) is 2. The van der Waals surface area contributed by atoms with Gasteiger partial charge in [0.05, 0.1) is 13.2 Å². The van der Waals surface area contributed by atoms with Gasteiger partial charge in [0, 0.05) is 47.7 Å². The third kappa shape index (κ3) is 12.3. The van der Waals surface area contributed by atoms with E-state index in [4.69, 9.17) is 0 Å². The summed E-state index contributed by atoms with van der Waals surface area (Å²) in [5.41, 5.74) is 2.45. The summed E-state index contributed by atoms with van der Waals surface area (Å²) in [5.74, 6) is 2.36. The first kappa shape index (κ1) is 38.0. The van der Waals surface area contributed by atoms with Crippen LogP contribution in [0.25, 0.3) is 22.3 Å². The topological polar surface area (TPSA) is 79.9 Å². The Hall–Kier alpha value is -2.43. The molecular formula is C30H39BrF6N6O2S. The molecule has 0 aliphatic rings. The van der Waals surface area contributed by atoms with E-state index in [0.717, 1.165) is 20.9 Å². The first-order chi connectivity index (χ1) is 21.1. The number of thioether (sulfide) groups is 1. The summed E-state index contributed by atoms with van der Waals surface area (Å²) in [6.07, 6.45) is -4.64. The first-order valence-electron chi connectivity index (χ1n) is 14.5. The molecule has 0 N–H and O–H groups in total. The van der Waals surface area contributed by atoms with Crippen LogP contribution in [0.5, 0.6) is 0 Å². The molecule has 4 aromatic heterocycles. The smallest absolute Gasteiger partial charge is 0.310 e. The quantitative estimate of drug-likeness (QED) is 0.119. The van der Waals surface area contributed by atoms with E-state index in [-0.39, 0.29) is 23.9 Å². The fourth-order valence-corrected chi connectivity index (χ4v) is 5.49. The van der Waals surface area contributed by atoms with Crippen LogP contribution >= 0.6 is 27.7 Å². The molecule has 0 amide bonds. The summed E-state index contributed by atoms with van der Waals surface area (Å²) >= 11 is 4.98. The Kier molecular flexibility index (Phi) is 12.6. The van der Waals surface area contributed by atoms with Crippen molar-refractivity contribution in [2.24, 2.45) is 10.8 Å². The van der Waals surface area contributed by atoms with E-state index in [1.165, 1.54) is 0 Å². The zero-order valence-electron chi connectivity index (χ0n) is 26.8. The second-order valence-electron chi connectivity index (χ2n) is 12.9. The Labute approximate surface area is 276 Å². The second kappa shape index (κ2) is 15.2. The van der Waals surface area contributed by atoms with Gasteiger partial charge in [-0.25, -0.2) is 19.9 Å². The van der Waals surface area contributed by atoms with Gasteiger partial charge in [0.1, 0.15) is 22.7 Å². The predicted octanol–water partition coefficient (Wildman–Crippen LogP) is 8.99. The molecule has 8 nitrogen and oxygen atoms in total. The van der Waals surface area contributed by atoms with Crippen LogP contribution in [0.1, 0.15) is 60.1 Å². The van der Waals surface area contributed by atoms with Crippen LogP contribution in [-0.2, 0) is 35.4 Å². The van der Waals surface area contributed by atoms with Crippen molar-refractivity contribution >= 4 is 50.0 Å². The Balaban J connectivity index is 0.000000251. The van der Waals surface area contributed by atoms with Gasteiger partial charge >= 0.3 is 12.7 Å². The van der Waals surface area contributed by atoms with E-state index in [1.807, 2.05) is 33.8 Å². The van der Waals surface area contributed by atoms with Gasteiger partial charge in [-0.05, 0) is 44.6 Å². The highest BCUT2D eigenvalue weighted by Crippen LogP contribution is 2.28. The van der Waals surface area contributed by atoms with E-state index in [9.17, 15) is 26.3 Å². The van der Waals surface area contributed by atoms with Crippen molar-refractivity contribution in [2.45, 2.75) is 92.0 Å². The number of nitrogens with zero attached hydrogens (tertiary/aromatic N) is 6. The largest absolute Gasteiger partial charge is 0.522 e. The van der Waals surface area contributed by atoms with Crippen molar-refractivity contribution in [1.29, 1.82) is 0 Å². The Bertz CT molecular complexity index is 1590. The normalized spacial score (nSPS) is 13.0. The summed E-state index contributed by atoms with van der Waals surface area (Å²) in [7, 11) is 0. The molecule has 46 heavy (non-hydrogen) atoms. The second-order valence-corrected chi connectivity index (χ2v) is 15.1. The molecule has 0 aliphatic heterocycles. The molecule has 0 radical (unpaired) electrons. The zero-order chi connectivity index (χ0) is 34.5. The molecule has 0 spiro atoms.